The summed E-state index contributed by atoms with van der Waals surface area (Å²) in [6.07, 6.45) is 0.902. The van der Waals surface area contributed by atoms with Gasteiger partial charge >= 0.3 is 6.03 Å². The van der Waals surface area contributed by atoms with Gasteiger partial charge in [0.2, 0.25) is 0 Å². The smallest absolute Gasteiger partial charge is 0.321 e. The molecule has 368 valence electrons. The summed E-state index contributed by atoms with van der Waals surface area (Å²) in [5.41, 5.74) is 12.0. The number of carbonyl (C=O) groups is 3. The van der Waals surface area contributed by atoms with Crippen LogP contribution in [0.15, 0.2) is 78.3 Å². The summed E-state index contributed by atoms with van der Waals surface area (Å²) < 4.78 is 12.0. The predicted molar refractivity (Wildman–Crippen MR) is 302 cm³/mol. The molecule has 6 aromatic heterocycles. The lowest BCUT2D eigenvalue weighted by Crippen LogP contribution is -2.34. The molecule has 0 fully saturated rings. The van der Waals surface area contributed by atoms with Crippen LogP contribution in [0, 0.1) is 27.7 Å². The number of aryl methyl sites for hydroxylation is 4. The quantitative estimate of drug-likeness (QED) is 0.132. The molecule has 12 rings (SSSR count). The summed E-state index contributed by atoms with van der Waals surface area (Å²) in [4.78, 5) is 68.1. The van der Waals surface area contributed by atoms with Gasteiger partial charge in [-0.3, -0.25) is 25.1 Å². The minimum Gasteiger partial charge on any atom is -0.493 e. The van der Waals surface area contributed by atoms with Crippen LogP contribution >= 0.6 is 68.0 Å². The first kappa shape index (κ1) is 50.4. The number of amides is 4. The Bertz CT molecular complexity index is 3830. The summed E-state index contributed by atoms with van der Waals surface area (Å²) in [7, 11) is 5.71. The maximum Gasteiger partial charge on any atom is 0.321 e. The molecule has 0 spiro atoms. The minimum absolute atomic E-state index is 0. The lowest BCUT2D eigenvalue weighted by atomic mass is 10.1. The van der Waals surface area contributed by atoms with Gasteiger partial charge in [-0.1, -0.05) is 65.2 Å². The number of benzene rings is 5. The Balaban J connectivity index is 0.000000132. The molecule has 7 heterocycles. The molecule has 4 amide bonds. The van der Waals surface area contributed by atoms with E-state index >= 15 is 0 Å². The fourth-order valence-corrected chi connectivity index (χ4v) is 13.5. The van der Waals surface area contributed by atoms with Crippen molar-refractivity contribution in [2.45, 2.75) is 41.5 Å². The van der Waals surface area contributed by atoms with Crippen LogP contribution in [0.2, 0.25) is 0 Å². The van der Waals surface area contributed by atoms with Crippen molar-refractivity contribution in [2.24, 2.45) is 0 Å². The van der Waals surface area contributed by atoms with E-state index in [1.807, 2.05) is 113 Å². The van der Waals surface area contributed by atoms with Crippen LogP contribution in [-0.2, 0) is 6.42 Å². The lowest BCUT2D eigenvalue weighted by molar-refractivity contribution is 0.0991. The number of urea groups is 1. The first-order chi connectivity index (χ1) is 34.2. The summed E-state index contributed by atoms with van der Waals surface area (Å²) in [5, 5.41) is 12.5. The molecular formula is C51H49N11O4S6. The van der Waals surface area contributed by atoms with Crippen LogP contribution in [0.25, 0.3) is 61.3 Å². The van der Waals surface area contributed by atoms with Gasteiger partial charge in [-0.15, -0.1) is 34.0 Å². The largest absolute Gasteiger partial charge is 0.493 e. The molecule has 3 N–H and O–H groups in total. The highest BCUT2D eigenvalue weighted by atomic mass is 32.1. The number of rotatable bonds is 8. The van der Waals surface area contributed by atoms with Crippen LogP contribution in [0.3, 0.4) is 0 Å². The maximum atomic E-state index is 12.7. The molecule has 21 heteroatoms. The van der Waals surface area contributed by atoms with Gasteiger partial charge in [-0.05, 0) is 108 Å². The van der Waals surface area contributed by atoms with Crippen molar-refractivity contribution in [2.75, 3.05) is 56.4 Å². The Morgan fingerprint density at radius 1 is 0.667 bits per heavy atom. The van der Waals surface area contributed by atoms with Crippen molar-refractivity contribution in [3.63, 3.8) is 0 Å². The van der Waals surface area contributed by atoms with Crippen LogP contribution in [0.1, 0.15) is 54.8 Å². The molecule has 0 saturated heterocycles. The van der Waals surface area contributed by atoms with E-state index in [2.05, 4.69) is 51.9 Å². The highest BCUT2D eigenvalue weighted by Crippen LogP contribution is 2.39. The molecule has 0 saturated carbocycles. The number of hydrogen-bond donors (Lipinski definition) is 3. The second-order valence-electron chi connectivity index (χ2n) is 16.9. The van der Waals surface area contributed by atoms with Gasteiger partial charge in [0, 0.05) is 37.7 Å². The van der Waals surface area contributed by atoms with E-state index in [0.717, 1.165) is 107 Å². The van der Waals surface area contributed by atoms with Crippen LogP contribution in [0.4, 0.5) is 20.2 Å². The standard InChI is InChI=1S/C18H15N3OS2.C17H11N3O2S2.C15H19N5OS2.CH4/c1-10-5-4-6-12(9-10)17(22)21(3)18-20-13-7-8-14-15(16(13)24-18)19-11(2)23-14;21-16(10-2-1-9-5-6-22-12(9)7-10)20-17-19-11-3-4-13-14(15(11)24-17)18-8-23-13;1-8-7-10-12(17-9(2)22-10)13-11(8)18-15(23-13)19-14(21)16-5-6-20(3)4;/h4-9H,1-3H3;1-4,7-8H,5-6H2,(H,19,20,21);7H,5-6H2,1-4H3,(H2,16,18,19,21);1H4. The third kappa shape index (κ3) is 10.6. The fourth-order valence-electron chi connectivity index (χ4n) is 7.83. The molecule has 0 aliphatic carbocycles. The van der Waals surface area contributed by atoms with Crippen molar-refractivity contribution in [3.05, 3.63) is 116 Å². The fraction of sp³-hybridized carbons (Fsp3) is 0.235. The molecule has 0 atom stereocenters. The van der Waals surface area contributed by atoms with E-state index in [1.165, 1.54) is 34.0 Å². The molecule has 0 unspecified atom stereocenters. The predicted octanol–water partition coefficient (Wildman–Crippen LogP) is 12.7. The number of aromatic nitrogens is 6. The Morgan fingerprint density at radius 3 is 2.15 bits per heavy atom. The van der Waals surface area contributed by atoms with Crippen LogP contribution in [-0.4, -0.2) is 93.5 Å². The summed E-state index contributed by atoms with van der Waals surface area (Å²) >= 11 is 9.39. The molecule has 1 aliphatic heterocycles. The van der Waals surface area contributed by atoms with E-state index in [0.29, 0.717) is 39.7 Å². The highest BCUT2D eigenvalue weighted by Gasteiger charge is 2.21. The van der Waals surface area contributed by atoms with E-state index in [-0.39, 0.29) is 25.3 Å². The molecule has 11 aromatic rings. The monoisotopic (exact) mass is 1070 g/mol. The minimum atomic E-state index is -0.228. The first-order valence-electron chi connectivity index (χ1n) is 22.3. The Hall–Kier alpha value is -6.59. The third-order valence-electron chi connectivity index (χ3n) is 11.3. The van der Waals surface area contributed by atoms with Gasteiger partial charge in [-0.25, -0.2) is 34.7 Å². The molecule has 72 heavy (non-hydrogen) atoms. The third-order valence-corrected chi connectivity index (χ3v) is 17.1. The zero-order valence-corrected chi connectivity index (χ0v) is 44.4. The van der Waals surface area contributed by atoms with Crippen LogP contribution in [0.5, 0.6) is 5.75 Å². The SMILES string of the molecule is C.Cc1cccc(C(=O)N(C)c2nc3ccc4sc(C)nc4c3s2)c1.Cc1nc2c(cc(C)c3nc(NC(=O)NCCN(C)C)sc32)s1.O=C(Nc1nc2ccc3scnc3c2s1)c1ccc2c(c1)OCC2. The number of nitrogens with zero attached hydrogens (tertiary/aromatic N) is 8. The Labute approximate surface area is 438 Å². The average Bonchev–Trinajstić information content (AvgIpc) is 4.21. The number of nitrogens with one attached hydrogen (secondary N) is 3. The topological polar surface area (TPSA) is 180 Å². The van der Waals surface area contributed by atoms with E-state index in [4.69, 9.17) is 4.74 Å². The zero-order valence-electron chi connectivity index (χ0n) is 39.5. The molecule has 0 radical (unpaired) electrons. The van der Waals surface area contributed by atoms with Crippen molar-refractivity contribution in [3.8, 4) is 5.75 Å². The second kappa shape index (κ2) is 21.2. The number of carbonyl (C=O) groups excluding carboxylic acids is 3. The summed E-state index contributed by atoms with van der Waals surface area (Å²) in [6.45, 7) is 10.1. The Kier molecular flexibility index (Phi) is 14.9. The number of likely N-dealkylation sites (N-methyl/N-ethyl adjacent to an activating group) is 1. The Morgan fingerprint density at radius 2 is 1.38 bits per heavy atom. The van der Waals surface area contributed by atoms with Crippen molar-refractivity contribution in [1.82, 2.24) is 40.1 Å². The van der Waals surface area contributed by atoms with Crippen molar-refractivity contribution >= 4 is 163 Å². The van der Waals surface area contributed by atoms with Crippen LogP contribution < -0.4 is 25.6 Å². The maximum absolute atomic E-state index is 12.7. The molecule has 0 bridgehead atoms. The van der Waals surface area contributed by atoms with E-state index < -0.39 is 0 Å². The van der Waals surface area contributed by atoms with Crippen molar-refractivity contribution < 1.29 is 19.1 Å². The van der Waals surface area contributed by atoms with Crippen molar-refractivity contribution in [1.29, 1.82) is 0 Å². The number of fused-ring (bicyclic) bond motifs is 10. The summed E-state index contributed by atoms with van der Waals surface area (Å²) in [6, 6.07) is 23.1. The highest BCUT2D eigenvalue weighted by molar-refractivity contribution is 7.26. The van der Waals surface area contributed by atoms with Gasteiger partial charge in [0.25, 0.3) is 11.8 Å². The normalized spacial score (nSPS) is 11.8. The number of thiazole rings is 6. The number of anilines is 3. The number of ether oxygens (including phenoxy) is 1. The lowest BCUT2D eigenvalue weighted by Gasteiger charge is -2.13. The van der Waals surface area contributed by atoms with E-state index in [1.54, 1.807) is 52.0 Å². The zero-order chi connectivity index (χ0) is 49.5. The first-order valence-corrected chi connectivity index (χ1v) is 27.3. The molecule has 1 aliphatic rings. The van der Waals surface area contributed by atoms with Gasteiger partial charge in [0.15, 0.2) is 15.4 Å². The van der Waals surface area contributed by atoms with E-state index in [9.17, 15) is 14.4 Å². The second-order valence-corrected chi connectivity index (χ2v) is 23.2. The average molecular weight is 1070 g/mol. The number of hydrogen-bond acceptors (Lipinski definition) is 17. The van der Waals surface area contributed by atoms with Gasteiger partial charge in [-0.2, -0.15) is 0 Å². The molecule has 5 aromatic carbocycles. The molecule has 15 nitrogen and oxygen atoms in total. The molecular weight excluding hydrogens is 1020 g/mol. The van der Waals surface area contributed by atoms with Gasteiger partial charge < -0.3 is 15.0 Å². The van der Waals surface area contributed by atoms with Gasteiger partial charge in [0.05, 0.1) is 66.9 Å². The van der Waals surface area contributed by atoms with Gasteiger partial charge in [0.1, 0.15) is 22.3 Å². The summed E-state index contributed by atoms with van der Waals surface area (Å²) in [5.74, 6) is 0.571.